The number of rotatable bonds is 8. The fourth-order valence-electron chi connectivity index (χ4n) is 4.71. The number of carbonyl (C=O) groups excluding carboxylic acids is 2. The predicted octanol–water partition coefficient (Wildman–Crippen LogP) is 6.51. The molecule has 2 N–H and O–H groups in total. The monoisotopic (exact) mass is 609 g/mol. The number of alkyl halides is 3. The van der Waals surface area contributed by atoms with Crippen LogP contribution in [0.1, 0.15) is 58.4 Å². The average molecular weight is 610 g/mol. The third-order valence-corrected chi connectivity index (χ3v) is 6.92. The molecule has 44 heavy (non-hydrogen) atoms. The zero-order valence-electron chi connectivity index (χ0n) is 24.1. The van der Waals surface area contributed by atoms with Gasteiger partial charge in [0.1, 0.15) is 11.6 Å². The Labute approximate surface area is 248 Å². The highest BCUT2D eigenvalue weighted by Gasteiger charge is 2.31. The Hall–Kier alpha value is -5.07. The van der Waals surface area contributed by atoms with Gasteiger partial charge in [-0.2, -0.15) is 18.2 Å². The van der Waals surface area contributed by atoms with Crippen LogP contribution in [0.15, 0.2) is 63.5 Å². The van der Waals surface area contributed by atoms with Crippen LogP contribution in [0.4, 0.5) is 17.6 Å². The lowest BCUT2D eigenvalue weighted by Gasteiger charge is -2.22. The van der Waals surface area contributed by atoms with Gasteiger partial charge in [0.05, 0.1) is 22.2 Å². The largest absolute Gasteiger partial charge is 0.437 e. The van der Waals surface area contributed by atoms with E-state index in [1.165, 1.54) is 43.4 Å². The van der Waals surface area contributed by atoms with E-state index in [0.29, 0.717) is 17.0 Å². The number of pyridine rings is 1. The van der Waals surface area contributed by atoms with Crippen LogP contribution in [0.2, 0.25) is 0 Å². The molecule has 0 saturated heterocycles. The minimum atomic E-state index is -4.47. The van der Waals surface area contributed by atoms with Crippen molar-refractivity contribution in [3.63, 3.8) is 0 Å². The summed E-state index contributed by atoms with van der Waals surface area (Å²) < 4.78 is 64.5. The van der Waals surface area contributed by atoms with Gasteiger partial charge in [0.25, 0.3) is 11.8 Å². The molecule has 0 unspecified atom stereocenters. The van der Waals surface area contributed by atoms with Crippen molar-refractivity contribution in [1.29, 1.82) is 0 Å². The molecule has 5 rings (SSSR count). The summed E-state index contributed by atoms with van der Waals surface area (Å²) in [5, 5.41) is 9.50. The molecule has 228 valence electrons. The number of carbonyl (C=O) groups is 2. The molecule has 0 radical (unpaired) electrons. The first kappa shape index (κ1) is 30.4. The lowest BCUT2D eigenvalue weighted by atomic mass is 9.96. The number of furan rings is 1. The summed E-state index contributed by atoms with van der Waals surface area (Å²) in [7, 11) is 1.42. The molecule has 3 aromatic heterocycles. The zero-order chi connectivity index (χ0) is 31.8. The summed E-state index contributed by atoms with van der Waals surface area (Å²) in [5.74, 6) is -0.846. The van der Waals surface area contributed by atoms with E-state index in [-0.39, 0.29) is 45.1 Å². The van der Waals surface area contributed by atoms with Crippen molar-refractivity contribution >= 4 is 22.9 Å². The van der Waals surface area contributed by atoms with Crippen LogP contribution < -0.4 is 10.6 Å². The SMILES string of the molecule is CNC(=O)c1c(-c2ccc(F)cc2)oc2nc(CCC(F)(F)F)c(-c3cccc(C(=O)NC(C)(C)c4noc(C)n4)c3)cc12. The van der Waals surface area contributed by atoms with E-state index in [9.17, 15) is 27.2 Å². The molecule has 2 amide bonds. The van der Waals surface area contributed by atoms with Crippen LogP contribution in [-0.2, 0) is 12.0 Å². The van der Waals surface area contributed by atoms with Crippen LogP contribution in [0.5, 0.6) is 0 Å². The van der Waals surface area contributed by atoms with Crippen molar-refractivity contribution in [3.8, 4) is 22.5 Å². The maximum atomic E-state index is 13.6. The molecule has 0 aliphatic rings. The third kappa shape index (κ3) is 6.31. The second-order valence-electron chi connectivity index (χ2n) is 10.6. The van der Waals surface area contributed by atoms with Gasteiger partial charge in [0.2, 0.25) is 11.6 Å². The Morgan fingerprint density at radius 2 is 1.68 bits per heavy atom. The normalized spacial score (nSPS) is 12.0. The topological polar surface area (TPSA) is 123 Å². The molecule has 0 aliphatic heterocycles. The summed E-state index contributed by atoms with van der Waals surface area (Å²) in [6, 6.07) is 13.1. The Kier molecular flexibility index (Phi) is 7.98. The zero-order valence-corrected chi connectivity index (χ0v) is 24.1. The molecule has 13 heteroatoms. The van der Waals surface area contributed by atoms with E-state index in [2.05, 4.69) is 25.8 Å². The number of fused-ring (bicyclic) bond motifs is 1. The minimum absolute atomic E-state index is 0.0536. The number of amides is 2. The summed E-state index contributed by atoms with van der Waals surface area (Å²) in [6.45, 7) is 5.02. The predicted molar refractivity (Wildman–Crippen MR) is 152 cm³/mol. The third-order valence-electron chi connectivity index (χ3n) is 6.92. The number of nitrogens with one attached hydrogen (secondary N) is 2. The van der Waals surface area contributed by atoms with Crippen molar-refractivity contribution in [3.05, 3.63) is 89.0 Å². The summed E-state index contributed by atoms with van der Waals surface area (Å²) >= 11 is 0. The number of hydrogen-bond acceptors (Lipinski definition) is 7. The molecule has 2 aromatic carbocycles. The van der Waals surface area contributed by atoms with E-state index >= 15 is 0 Å². The standard InChI is InChI=1S/C31H27F4N5O4/c1-16-37-29(40-44-16)30(2,3)39-26(41)19-7-5-6-18(14-19)21-15-22-24(27(42)36-4)25(17-8-10-20(32)11-9-17)43-28(22)38-23(21)12-13-31(33,34)35/h5-11,14-15H,12-13H2,1-4H3,(H,36,42)(H,39,41). The van der Waals surface area contributed by atoms with Gasteiger partial charge in [0, 0.05) is 37.1 Å². The first-order valence-electron chi connectivity index (χ1n) is 13.5. The molecular formula is C31H27F4N5O4. The second kappa shape index (κ2) is 11.5. The fraction of sp³-hybridized carbons (Fsp3) is 0.258. The fourth-order valence-corrected chi connectivity index (χ4v) is 4.71. The number of aromatic nitrogens is 3. The molecular weight excluding hydrogens is 582 g/mol. The van der Waals surface area contributed by atoms with E-state index in [1.54, 1.807) is 39.0 Å². The van der Waals surface area contributed by atoms with Gasteiger partial charge in [0.15, 0.2) is 5.82 Å². The van der Waals surface area contributed by atoms with Gasteiger partial charge in [-0.05, 0) is 68.3 Å². The Bertz CT molecular complexity index is 1860. The van der Waals surface area contributed by atoms with E-state index < -0.39 is 42.2 Å². The molecule has 3 heterocycles. The highest BCUT2D eigenvalue weighted by atomic mass is 19.4. The number of halogens is 4. The van der Waals surface area contributed by atoms with Gasteiger partial charge in [-0.25, -0.2) is 9.37 Å². The van der Waals surface area contributed by atoms with Gasteiger partial charge in [-0.1, -0.05) is 17.3 Å². The van der Waals surface area contributed by atoms with Crippen LogP contribution in [0.3, 0.4) is 0 Å². The Balaban J connectivity index is 1.62. The van der Waals surface area contributed by atoms with E-state index in [4.69, 9.17) is 8.94 Å². The first-order chi connectivity index (χ1) is 20.8. The van der Waals surface area contributed by atoms with Crippen LogP contribution in [0.25, 0.3) is 33.6 Å². The van der Waals surface area contributed by atoms with Crippen molar-refractivity contribution in [2.24, 2.45) is 0 Å². The molecule has 0 atom stereocenters. The Morgan fingerprint density at radius 1 is 0.955 bits per heavy atom. The van der Waals surface area contributed by atoms with Crippen LogP contribution >= 0.6 is 0 Å². The average Bonchev–Trinajstić information content (AvgIpc) is 3.59. The molecule has 0 bridgehead atoms. The second-order valence-corrected chi connectivity index (χ2v) is 10.6. The minimum Gasteiger partial charge on any atom is -0.437 e. The van der Waals surface area contributed by atoms with Gasteiger partial charge in [-0.15, -0.1) is 0 Å². The molecule has 9 nitrogen and oxygen atoms in total. The highest BCUT2D eigenvalue weighted by Crippen LogP contribution is 2.37. The smallest absolute Gasteiger partial charge is 0.389 e. The number of nitrogens with zero attached hydrogens (tertiary/aromatic N) is 3. The first-order valence-corrected chi connectivity index (χ1v) is 13.5. The lowest BCUT2D eigenvalue weighted by Crippen LogP contribution is -2.41. The Morgan fingerprint density at radius 3 is 2.32 bits per heavy atom. The van der Waals surface area contributed by atoms with Gasteiger partial charge in [-0.3, -0.25) is 9.59 Å². The number of hydrogen-bond donors (Lipinski definition) is 2. The maximum absolute atomic E-state index is 13.6. The van der Waals surface area contributed by atoms with Crippen molar-refractivity contribution < 1.29 is 36.1 Å². The van der Waals surface area contributed by atoms with Crippen molar-refractivity contribution in [1.82, 2.24) is 25.8 Å². The van der Waals surface area contributed by atoms with Crippen LogP contribution in [-0.4, -0.2) is 40.2 Å². The van der Waals surface area contributed by atoms with Gasteiger partial charge >= 0.3 is 6.18 Å². The molecule has 0 saturated carbocycles. The number of benzene rings is 2. The molecule has 0 fully saturated rings. The summed E-state index contributed by atoms with van der Waals surface area (Å²) in [4.78, 5) is 34.9. The van der Waals surface area contributed by atoms with Crippen molar-refractivity contribution in [2.75, 3.05) is 7.05 Å². The van der Waals surface area contributed by atoms with Crippen molar-refractivity contribution in [2.45, 2.75) is 45.3 Å². The molecule has 5 aromatic rings. The summed E-state index contributed by atoms with van der Waals surface area (Å²) in [6.07, 6.45) is -6.12. The number of aryl methyl sites for hydroxylation is 2. The quantitative estimate of drug-likeness (QED) is 0.192. The van der Waals surface area contributed by atoms with E-state index in [1.807, 2.05) is 0 Å². The lowest BCUT2D eigenvalue weighted by molar-refractivity contribution is -0.134. The van der Waals surface area contributed by atoms with Gasteiger partial charge < -0.3 is 19.6 Å². The molecule has 0 spiro atoms. The summed E-state index contributed by atoms with van der Waals surface area (Å²) in [5.41, 5.74) is 0.330. The van der Waals surface area contributed by atoms with E-state index in [0.717, 1.165) is 0 Å². The maximum Gasteiger partial charge on any atom is 0.389 e. The highest BCUT2D eigenvalue weighted by molar-refractivity contribution is 6.11. The van der Waals surface area contributed by atoms with Crippen LogP contribution in [0, 0.1) is 12.7 Å². The molecule has 0 aliphatic carbocycles.